The summed E-state index contributed by atoms with van der Waals surface area (Å²) in [7, 11) is -5.29. The van der Waals surface area contributed by atoms with Gasteiger partial charge in [-0.1, -0.05) is 84.5 Å². The monoisotopic (exact) mass is 834 g/mol. The number of carbonyl (C=O) groups excluding carboxylic acids is 3. The minimum Gasteiger partial charge on any atom is -0.726 e. The van der Waals surface area contributed by atoms with Crippen molar-refractivity contribution >= 4 is 40.1 Å². The number of ether oxygens (including phenoxy) is 2. The van der Waals surface area contributed by atoms with Crippen molar-refractivity contribution < 1.29 is 117 Å². The Morgan fingerprint density at radius 2 is 1.44 bits per heavy atom. The minimum absolute atomic E-state index is 0. The van der Waals surface area contributed by atoms with E-state index in [0.717, 1.165) is 77.6 Å². The molecule has 7 N–H and O–H groups in total. The first-order valence-corrected chi connectivity index (χ1v) is 20.4. The van der Waals surface area contributed by atoms with Gasteiger partial charge in [-0.05, 0) is 26.7 Å². The van der Waals surface area contributed by atoms with Crippen LogP contribution in [0.3, 0.4) is 0 Å². The van der Waals surface area contributed by atoms with E-state index in [1.807, 2.05) is 0 Å². The molecule has 55 heavy (non-hydrogen) atoms. The molecule has 0 saturated carbocycles. The number of aliphatic hydroxyl groups is 1. The molecule has 0 aromatic carbocycles. The van der Waals surface area contributed by atoms with Crippen LogP contribution in [0.25, 0.3) is 0 Å². The average molecular weight is 835 g/mol. The largest absolute Gasteiger partial charge is 1.00 e. The van der Waals surface area contributed by atoms with Crippen LogP contribution in [0, 0.1) is 0 Å². The first kappa shape index (κ1) is 53.7. The number of nitrogens with zero attached hydrogens (tertiary/aromatic N) is 1. The third kappa shape index (κ3) is 22.4. The number of hydrogen-bond acceptors (Lipinski definition) is 13. The van der Waals surface area contributed by atoms with Crippen molar-refractivity contribution in [1.82, 2.24) is 15.5 Å². The van der Waals surface area contributed by atoms with Crippen molar-refractivity contribution in [3.05, 3.63) is 0 Å². The molecule has 1 fully saturated rings. The number of nitrogens with two attached hydrogens (primary N) is 1. The van der Waals surface area contributed by atoms with Gasteiger partial charge in [0.05, 0.1) is 19.1 Å². The summed E-state index contributed by atoms with van der Waals surface area (Å²) in [4.78, 5) is 64.8. The van der Waals surface area contributed by atoms with Crippen molar-refractivity contribution in [3.8, 4) is 0 Å². The summed E-state index contributed by atoms with van der Waals surface area (Å²) >= 11 is 0. The number of unbranched alkanes of at least 4 members (excludes halogenated alkanes) is 11. The van der Waals surface area contributed by atoms with Crippen LogP contribution in [0.5, 0.6) is 0 Å². The Morgan fingerprint density at radius 1 is 0.891 bits per heavy atom. The molecule has 314 valence electrons. The Kier molecular flexibility index (Phi) is 28.3. The zero-order chi connectivity index (χ0) is 40.8. The Bertz CT molecular complexity index is 1280. The Balaban J connectivity index is 0.0000292. The molecule has 0 aromatic rings. The van der Waals surface area contributed by atoms with E-state index in [-0.39, 0.29) is 64.4 Å². The maximum absolute atomic E-state index is 14.0. The minimum atomic E-state index is -5.29. The molecule has 3 amide bonds. The quantitative estimate of drug-likeness (QED) is 0.0226. The molecule has 0 aromatic heterocycles. The van der Waals surface area contributed by atoms with E-state index in [4.69, 9.17) is 15.2 Å². The fourth-order valence-electron chi connectivity index (χ4n) is 6.12. The summed E-state index contributed by atoms with van der Waals surface area (Å²) in [6, 6.07) is -3.78. The molecule has 1 heterocycles. The van der Waals surface area contributed by atoms with Crippen molar-refractivity contribution in [2.45, 2.75) is 179 Å². The third-order valence-electron chi connectivity index (χ3n) is 9.09. The van der Waals surface area contributed by atoms with Gasteiger partial charge in [0.2, 0.25) is 28.1 Å². The normalized spacial score (nSPS) is 21.4. The first-order chi connectivity index (χ1) is 25.4. The second-order valence-electron chi connectivity index (χ2n) is 13.9. The zero-order valence-electron chi connectivity index (χ0n) is 33.1. The van der Waals surface area contributed by atoms with Gasteiger partial charge in [-0.25, -0.2) is 13.2 Å². The van der Waals surface area contributed by atoms with Crippen LogP contribution >= 0.6 is 0 Å². The predicted molar refractivity (Wildman–Crippen MR) is 194 cm³/mol. The zero-order valence-corrected chi connectivity index (χ0v) is 37.1. The van der Waals surface area contributed by atoms with E-state index in [2.05, 4.69) is 28.7 Å². The van der Waals surface area contributed by atoms with E-state index in [1.165, 1.54) is 11.8 Å². The number of nitrogens with one attached hydrogen (secondary N) is 2. The molecule has 18 nitrogen and oxygen atoms in total. The van der Waals surface area contributed by atoms with Gasteiger partial charge in [0.1, 0.15) is 24.4 Å². The summed E-state index contributed by atoms with van der Waals surface area (Å²) < 4.78 is 50.5. The Hall–Kier alpha value is -1.30. The van der Waals surface area contributed by atoms with Crippen LogP contribution in [0.15, 0.2) is 0 Å². The number of carboxylic acid groups (broad SMARTS) is 2. The number of amides is 3. The molecular formula is C35H63KN4O14S. The van der Waals surface area contributed by atoms with E-state index in [1.54, 1.807) is 0 Å². The van der Waals surface area contributed by atoms with Crippen molar-refractivity contribution in [3.63, 3.8) is 0 Å². The molecule has 0 aliphatic carbocycles. The van der Waals surface area contributed by atoms with Crippen molar-refractivity contribution in [2.24, 2.45) is 5.73 Å². The summed E-state index contributed by atoms with van der Waals surface area (Å²) in [5.41, 5.74) is 5.61. The molecule has 1 rings (SSSR count). The van der Waals surface area contributed by atoms with E-state index >= 15 is 0 Å². The van der Waals surface area contributed by atoms with E-state index < -0.39 is 108 Å². The predicted octanol–water partition coefficient (Wildman–Crippen LogP) is -1.08. The van der Waals surface area contributed by atoms with Crippen LogP contribution in [-0.2, 0) is 48.0 Å². The maximum Gasteiger partial charge on any atom is 1.00 e. The maximum atomic E-state index is 14.0. The Morgan fingerprint density at radius 3 is 1.95 bits per heavy atom. The standard InChI is InChI=1S/C35H64N4O14S.K/c1-5-7-9-11-13-14-16-18-28(41)39(19-17-15-12-10-8-6-2)34-30(38-27(40)20-25(21-29(42)43)37-33(45)23(3)36)32(52-24(4)35(46)47)31(44)26(53-34)22-51-54(48,49)50;/h23-26,30-32,34,44H,5-22,36H2,1-4H3,(H,37,45)(H,38,40)(H,42,43)(H,46,47)(H,48,49,50);/q;+1/p-1/t23?,24-,25+,26?,30?,31?,32?,34?;/m0./s1. The smallest absolute Gasteiger partial charge is 0.726 e. The molecule has 0 bridgehead atoms. The van der Waals surface area contributed by atoms with Gasteiger partial charge < -0.3 is 50.6 Å². The summed E-state index contributed by atoms with van der Waals surface area (Å²) in [6.45, 7) is 5.78. The van der Waals surface area contributed by atoms with Crippen molar-refractivity contribution in [2.75, 3.05) is 13.2 Å². The topological polar surface area (TPSA) is 284 Å². The van der Waals surface area contributed by atoms with E-state index in [9.17, 15) is 52.3 Å². The van der Waals surface area contributed by atoms with E-state index in [0.29, 0.717) is 12.8 Å². The SMILES string of the molecule is CCCCCCCCCC(=O)N(CCCCCCCC)C1OC(COS(=O)(=O)[O-])C(O)C(O[C@@H](C)C(=O)O)C1NC(=O)C[C@H](CC(=O)O)NC(=O)C(C)N.[K+]. The molecule has 0 radical (unpaired) electrons. The molecule has 1 saturated heterocycles. The second-order valence-corrected chi connectivity index (χ2v) is 15.0. The molecule has 1 aliphatic heterocycles. The van der Waals surface area contributed by atoms with Gasteiger partial charge in [-0.3, -0.25) is 23.4 Å². The molecular weight excluding hydrogens is 772 g/mol. The molecule has 1 aliphatic rings. The fraction of sp³-hybridized carbons (Fsp3) is 0.857. The van der Waals surface area contributed by atoms with Gasteiger partial charge in [0.15, 0.2) is 12.3 Å². The van der Waals surface area contributed by atoms with Gasteiger partial charge >= 0.3 is 63.3 Å². The first-order valence-electron chi connectivity index (χ1n) is 19.1. The molecule has 0 spiro atoms. The van der Waals surface area contributed by atoms with Crippen LogP contribution in [-0.4, -0.2) is 125 Å². The number of carbonyl (C=O) groups is 5. The van der Waals surface area contributed by atoms with Crippen molar-refractivity contribution in [1.29, 1.82) is 0 Å². The average Bonchev–Trinajstić information content (AvgIpc) is 3.08. The Labute approximate surface area is 368 Å². The summed E-state index contributed by atoms with van der Waals surface area (Å²) in [5, 5.41) is 35.5. The summed E-state index contributed by atoms with van der Waals surface area (Å²) in [6.07, 6.45) is 2.04. The fourth-order valence-corrected chi connectivity index (χ4v) is 6.42. The third-order valence-corrected chi connectivity index (χ3v) is 9.52. The molecule has 8 atom stereocenters. The van der Waals surface area contributed by atoms with Gasteiger partial charge in [0.25, 0.3) is 0 Å². The molecule has 6 unspecified atom stereocenters. The number of hydrogen-bond donors (Lipinski definition) is 6. The second kappa shape index (κ2) is 29.0. The number of aliphatic hydroxyl groups excluding tert-OH is 1. The molecule has 20 heteroatoms. The van der Waals surface area contributed by atoms with Gasteiger partial charge in [-0.2, -0.15) is 0 Å². The van der Waals surface area contributed by atoms with Gasteiger partial charge in [-0.15, -0.1) is 0 Å². The number of aliphatic carboxylic acids is 2. The van der Waals surface area contributed by atoms with Crippen LogP contribution in [0.4, 0.5) is 0 Å². The van der Waals surface area contributed by atoms with Gasteiger partial charge in [0, 0.05) is 25.4 Å². The van der Waals surface area contributed by atoms with Crippen LogP contribution in [0.2, 0.25) is 0 Å². The van der Waals surface area contributed by atoms with Crippen LogP contribution in [0.1, 0.15) is 130 Å². The number of carboxylic acids is 2. The number of rotatable bonds is 29. The van der Waals surface area contributed by atoms with Crippen LogP contribution < -0.4 is 67.8 Å². The summed E-state index contributed by atoms with van der Waals surface area (Å²) in [5.74, 6) is -4.79.